The number of amides is 1. The molecule has 0 bridgehead atoms. The molecular weight excluding hydrogens is 478 g/mol. The standard InChI is InChI=1S/C24H26BrNO4S/c1-16(2)23(15-31(28,29)17(3)18-8-11-21(25)12-9-18)26-24(27)30-22-13-10-19-6-4-5-7-20(19)14-22/h4-14,16-17,23H,15H2,1-3H3,(H,26,27)/t17?,23-/m1/s1. The van der Waals surface area contributed by atoms with Crippen molar-refractivity contribution in [3.05, 3.63) is 76.8 Å². The third-order valence-electron chi connectivity index (χ3n) is 5.33. The molecule has 7 heteroatoms. The highest BCUT2D eigenvalue weighted by Gasteiger charge is 2.29. The van der Waals surface area contributed by atoms with Crippen LogP contribution in [0.3, 0.4) is 0 Å². The van der Waals surface area contributed by atoms with E-state index in [-0.39, 0.29) is 11.7 Å². The minimum Gasteiger partial charge on any atom is -0.410 e. The molecule has 0 fully saturated rings. The number of halogens is 1. The van der Waals surface area contributed by atoms with Gasteiger partial charge in [-0.05, 0) is 53.4 Å². The van der Waals surface area contributed by atoms with E-state index in [0.29, 0.717) is 11.3 Å². The Morgan fingerprint density at radius 3 is 2.26 bits per heavy atom. The summed E-state index contributed by atoms with van der Waals surface area (Å²) in [5, 5.41) is 4.06. The molecule has 3 aromatic rings. The fourth-order valence-corrected chi connectivity index (χ4v) is 5.35. The van der Waals surface area contributed by atoms with E-state index in [9.17, 15) is 13.2 Å². The number of sulfone groups is 1. The Bertz CT molecular complexity index is 1160. The Kier molecular flexibility index (Phi) is 7.38. The first-order chi connectivity index (χ1) is 14.7. The second kappa shape index (κ2) is 9.83. The number of hydrogen-bond acceptors (Lipinski definition) is 4. The second-order valence-corrected chi connectivity index (χ2v) is 11.2. The lowest BCUT2D eigenvalue weighted by Gasteiger charge is -2.24. The molecule has 5 nitrogen and oxygen atoms in total. The lowest BCUT2D eigenvalue weighted by molar-refractivity contribution is 0.193. The van der Waals surface area contributed by atoms with E-state index in [1.165, 1.54) is 0 Å². The van der Waals surface area contributed by atoms with E-state index < -0.39 is 27.2 Å². The molecule has 0 saturated carbocycles. The normalized spacial score (nSPS) is 13.7. The Hall–Kier alpha value is -2.38. The van der Waals surface area contributed by atoms with Gasteiger partial charge in [0.25, 0.3) is 0 Å². The summed E-state index contributed by atoms with van der Waals surface area (Å²) in [5.74, 6) is 0.148. The number of carbonyl (C=O) groups is 1. The van der Waals surface area contributed by atoms with E-state index in [2.05, 4.69) is 21.2 Å². The van der Waals surface area contributed by atoms with Crippen molar-refractivity contribution in [2.45, 2.75) is 32.1 Å². The monoisotopic (exact) mass is 503 g/mol. The molecule has 0 spiro atoms. The zero-order valence-corrected chi connectivity index (χ0v) is 20.1. The molecular formula is C24H26BrNO4S. The largest absolute Gasteiger partial charge is 0.412 e. The van der Waals surface area contributed by atoms with Gasteiger partial charge in [0, 0.05) is 10.5 Å². The van der Waals surface area contributed by atoms with Gasteiger partial charge in [-0.25, -0.2) is 13.2 Å². The first-order valence-electron chi connectivity index (χ1n) is 10.1. The highest BCUT2D eigenvalue weighted by Crippen LogP contribution is 2.26. The number of fused-ring (bicyclic) bond motifs is 1. The van der Waals surface area contributed by atoms with Crippen molar-refractivity contribution in [1.29, 1.82) is 0 Å². The molecule has 0 heterocycles. The summed E-state index contributed by atoms with van der Waals surface area (Å²) in [6, 6.07) is 19.8. The third kappa shape index (κ3) is 6.08. The van der Waals surface area contributed by atoms with Crippen molar-refractivity contribution in [3.63, 3.8) is 0 Å². The van der Waals surface area contributed by atoms with Crippen LogP contribution < -0.4 is 10.1 Å². The zero-order valence-electron chi connectivity index (χ0n) is 17.7. The molecule has 1 N–H and O–H groups in total. The fraction of sp³-hybridized carbons (Fsp3) is 0.292. The van der Waals surface area contributed by atoms with E-state index >= 15 is 0 Å². The summed E-state index contributed by atoms with van der Waals surface area (Å²) in [4.78, 5) is 12.5. The lowest BCUT2D eigenvalue weighted by Crippen LogP contribution is -2.45. The van der Waals surface area contributed by atoms with Crippen molar-refractivity contribution >= 4 is 42.6 Å². The van der Waals surface area contributed by atoms with Gasteiger partial charge in [0.2, 0.25) is 0 Å². The minimum atomic E-state index is -3.50. The maximum absolute atomic E-state index is 13.0. The lowest BCUT2D eigenvalue weighted by atomic mass is 10.1. The number of ether oxygens (including phenoxy) is 1. The Labute approximate surface area is 191 Å². The highest BCUT2D eigenvalue weighted by atomic mass is 79.9. The van der Waals surface area contributed by atoms with Crippen LogP contribution in [-0.2, 0) is 9.84 Å². The zero-order chi connectivity index (χ0) is 22.6. The van der Waals surface area contributed by atoms with Crippen molar-refractivity contribution in [1.82, 2.24) is 5.32 Å². The van der Waals surface area contributed by atoms with E-state index in [1.54, 1.807) is 31.2 Å². The predicted molar refractivity (Wildman–Crippen MR) is 128 cm³/mol. The molecule has 0 saturated heterocycles. The quantitative estimate of drug-likeness (QED) is 0.436. The van der Waals surface area contributed by atoms with E-state index in [1.807, 2.05) is 56.3 Å². The van der Waals surface area contributed by atoms with Crippen molar-refractivity contribution in [2.24, 2.45) is 5.92 Å². The average molecular weight is 504 g/mol. The third-order valence-corrected chi connectivity index (χ3v) is 8.03. The molecule has 3 rings (SSSR count). The molecule has 1 amide bonds. The van der Waals surface area contributed by atoms with Crippen LogP contribution in [-0.4, -0.2) is 26.3 Å². The summed E-state index contributed by atoms with van der Waals surface area (Å²) in [6.45, 7) is 5.42. The molecule has 1 unspecified atom stereocenters. The maximum Gasteiger partial charge on any atom is 0.412 e. The topological polar surface area (TPSA) is 72.5 Å². The smallest absolute Gasteiger partial charge is 0.410 e. The molecule has 164 valence electrons. The van der Waals surface area contributed by atoms with Crippen molar-refractivity contribution in [2.75, 3.05) is 5.75 Å². The molecule has 31 heavy (non-hydrogen) atoms. The summed E-state index contributed by atoms with van der Waals surface area (Å²) in [6.07, 6.45) is -0.666. The SMILES string of the molecule is CC(C)[C@@H](CS(=O)(=O)C(C)c1ccc(Br)cc1)NC(=O)Oc1ccc2ccccc2c1. The van der Waals surface area contributed by atoms with Gasteiger partial charge in [-0.3, -0.25) is 0 Å². The molecule has 0 aliphatic rings. The molecule has 0 radical (unpaired) electrons. The highest BCUT2D eigenvalue weighted by molar-refractivity contribution is 9.10. The summed E-state index contributed by atoms with van der Waals surface area (Å²) in [5.41, 5.74) is 0.712. The van der Waals surface area contributed by atoms with Crippen LogP contribution >= 0.6 is 15.9 Å². The van der Waals surface area contributed by atoms with Crippen molar-refractivity contribution in [3.8, 4) is 5.75 Å². The summed E-state index contributed by atoms with van der Waals surface area (Å²) in [7, 11) is -3.50. The molecule has 0 aliphatic heterocycles. The minimum absolute atomic E-state index is 0.0870. The van der Waals surface area contributed by atoms with Gasteiger partial charge >= 0.3 is 6.09 Å². The van der Waals surface area contributed by atoms with Gasteiger partial charge in [0.1, 0.15) is 5.75 Å². The molecule has 3 aromatic carbocycles. The maximum atomic E-state index is 13.0. The number of benzene rings is 3. The Morgan fingerprint density at radius 1 is 0.968 bits per heavy atom. The van der Waals surface area contributed by atoms with Gasteiger partial charge in [-0.2, -0.15) is 0 Å². The number of hydrogen-bond donors (Lipinski definition) is 1. The van der Waals surface area contributed by atoms with Crippen molar-refractivity contribution < 1.29 is 17.9 Å². The van der Waals surface area contributed by atoms with Crippen LogP contribution in [0.15, 0.2) is 71.2 Å². The van der Waals surface area contributed by atoms with Crippen LogP contribution in [0.2, 0.25) is 0 Å². The van der Waals surface area contributed by atoms with Crippen LogP contribution in [0.25, 0.3) is 10.8 Å². The Morgan fingerprint density at radius 2 is 1.61 bits per heavy atom. The van der Waals surface area contributed by atoms with Gasteiger partial charge in [-0.15, -0.1) is 0 Å². The van der Waals surface area contributed by atoms with Crippen LogP contribution in [0.4, 0.5) is 4.79 Å². The molecule has 2 atom stereocenters. The van der Waals surface area contributed by atoms with E-state index in [0.717, 1.165) is 15.2 Å². The summed E-state index contributed by atoms with van der Waals surface area (Å²) >= 11 is 3.36. The van der Waals surface area contributed by atoms with Gasteiger partial charge in [0.15, 0.2) is 9.84 Å². The summed E-state index contributed by atoms with van der Waals surface area (Å²) < 4.78 is 32.3. The van der Waals surface area contributed by atoms with Gasteiger partial charge in [-0.1, -0.05) is 72.2 Å². The fourth-order valence-electron chi connectivity index (χ4n) is 3.26. The number of carbonyl (C=O) groups excluding carboxylic acids is 1. The average Bonchev–Trinajstić information content (AvgIpc) is 2.73. The first kappa shape index (κ1) is 23.3. The molecule has 0 aliphatic carbocycles. The van der Waals surface area contributed by atoms with E-state index in [4.69, 9.17) is 4.74 Å². The van der Waals surface area contributed by atoms with Crippen LogP contribution in [0.5, 0.6) is 5.75 Å². The second-order valence-electron chi connectivity index (χ2n) is 7.92. The first-order valence-corrected chi connectivity index (χ1v) is 12.6. The van der Waals surface area contributed by atoms with Gasteiger partial charge < -0.3 is 10.1 Å². The van der Waals surface area contributed by atoms with Crippen LogP contribution in [0.1, 0.15) is 31.6 Å². The van der Waals surface area contributed by atoms with Crippen LogP contribution in [0, 0.1) is 5.92 Å². The molecule has 0 aromatic heterocycles. The van der Waals surface area contributed by atoms with Gasteiger partial charge in [0.05, 0.1) is 11.0 Å². The Balaban J connectivity index is 1.69. The predicted octanol–water partition coefficient (Wildman–Crippen LogP) is 5.89. The number of rotatable bonds is 7. The number of nitrogens with one attached hydrogen (secondary N) is 1.